The zero-order valence-corrected chi connectivity index (χ0v) is 13.9. The molecule has 0 aromatic carbocycles. The molecule has 21 heavy (non-hydrogen) atoms. The van der Waals surface area contributed by atoms with Gasteiger partial charge in [-0.1, -0.05) is 27.7 Å². The topological polar surface area (TPSA) is 66.4 Å². The van der Waals surface area contributed by atoms with Gasteiger partial charge in [-0.2, -0.15) is 0 Å². The first-order valence-corrected chi connectivity index (χ1v) is 8.19. The number of carbonyl (C=O) groups is 2. The highest BCUT2D eigenvalue weighted by atomic mass is 16.4. The molecule has 0 aromatic rings. The van der Waals surface area contributed by atoms with Crippen LogP contribution in [0.25, 0.3) is 0 Å². The van der Waals surface area contributed by atoms with Crippen LogP contribution in [0, 0.1) is 23.2 Å². The van der Waals surface area contributed by atoms with E-state index in [9.17, 15) is 9.59 Å². The van der Waals surface area contributed by atoms with Crippen LogP contribution in [0.1, 0.15) is 66.2 Å². The van der Waals surface area contributed by atoms with Gasteiger partial charge in [-0.15, -0.1) is 0 Å². The minimum absolute atomic E-state index is 0.148. The number of hydrogen-bond acceptors (Lipinski definition) is 2. The van der Waals surface area contributed by atoms with Gasteiger partial charge < -0.3 is 10.4 Å². The second-order valence-corrected chi connectivity index (χ2v) is 7.70. The number of rotatable bonds is 6. The van der Waals surface area contributed by atoms with Crippen molar-refractivity contribution in [2.45, 2.75) is 66.2 Å². The third-order valence-corrected chi connectivity index (χ3v) is 4.80. The van der Waals surface area contributed by atoms with Gasteiger partial charge in [-0.3, -0.25) is 9.59 Å². The molecule has 0 heterocycles. The molecule has 1 aliphatic rings. The number of carboxylic acid groups (broad SMARTS) is 1. The predicted molar refractivity (Wildman–Crippen MR) is 83.9 cm³/mol. The lowest BCUT2D eigenvalue weighted by Gasteiger charge is -2.36. The summed E-state index contributed by atoms with van der Waals surface area (Å²) in [6, 6.07) is 0. The zero-order valence-electron chi connectivity index (χ0n) is 13.9. The molecular formula is C17H31NO3. The van der Waals surface area contributed by atoms with Crippen molar-refractivity contribution < 1.29 is 14.7 Å². The van der Waals surface area contributed by atoms with Gasteiger partial charge in [0.15, 0.2) is 0 Å². The number of hydrogen-bond donors (Lipinski definition) is 2. The van der Waals surface area contributed by atoms with Crippen molar-refractivity contribution in [2.24, 2.45) is 23.2 Å². The van der Waals surface area contributed by atoms with Crippen LogP contribution in [-0.4, -0.2) is 23.5 Å². The maximum atomic E-state index is 12.2. The van der Waals surface area contributed by atoms with Crippen molar-refractivity contribution in [2.75, 3.05) is 6.54 Å². The molecule has 0 saturated heterocycles. The third-order valence-electron chi connectivity index (χ3n) is 4.80. The van der Waals surface area contributed by atoms with E-state index < -0.39 is 5.97 Å². The smallest absolute Gasteiger partial charge is 0.303 e. The molecule has 0 spiro atoms. The summed E-state index contributed by atoms with van der Waals surface area (Å²) >= 11 is 0. The Balaban J connectivity index is 2.26. The van der Waals surface area contributed by atoms with E-state index in [1.165, 1.54) is 0 Å². The normalized spacial score (nSPS) is 24.4. The Morgan fingerprint density at radius 2 is 1.76 bits per heavy atom. The van der Waals surface area contributed by atoms with Crippen LogP contribution in [0.2, 0.25) is 0 Å². The Morgan fingerprint density at radius 1 is 1.19 bits per heavy atom. The standard InChI is InChI=1S/C17H31NO3/c1-12(5-10-15(19)20)11-18-16(21)13-6-8-14(9-7-13)17(2,3)4/h12-14H,5-11H2,1-4H3,(H,18,21)(H,19,20). The molecule has 1 amide bonds. The highest BCUT2D eigenvalue weighted by Crippen LogP contribution is 2.39. The first-order chi connectivity index (χ1) is 9.70. The molecule has 2 N–H and O–H groups in total. The van der Waals surface area contributed by atoms with Gasteiger partial charge in [0.05, 0.1) is 0 Å². The quantitative estimate of drug-likeness (QED) is 0.789. The highest BCUT2D eigenvalue weighted by Gasteiger charge is 2.32. The monoisotopic (exact) mass is 297 g/mol. The first kappa shape index (κ1) is 18.0. The average Bonchev–Trinajstić information content (AvgIpc) is 2.41. The molecule has 1 atom stereocenters. The average molecular weight is 297 g/mol. The third kappa shape index (κ3) is 6.49. The predicted octanol–water partition coefficient (Wildman–Crippen LogP) is 3.46. The Hall–Kier alpha value is -1.06. The summed E-state index contributed by atoms with van der Waals surface area (Å²) in [4.78, 5) is 22.7. The van der Waals surface area contributed by atoms with E-state index in [2.05, 4.69) is 26.1 Å². The van der Waals surface area contributed by atoms with Gasteiger partial charge in [-0.25, -0.2) is 0 Å². The van der Waals surface area contributed by atoms with Crippen LogP contribution in [0.15, 0.2) is 0 Å². The van der Waals surface area contributed by atoms with Crippen LogP contribution in [0.3, 0.4) is 0 Å². The van der Waals surface area contributed by atoms with Gasteiger partial charge in [0.1, 0.15) is 0 Å². The second kappa shape index (κ2) is 7.81. The summed E-state index contributed by atoms with van der Waals surface area (Å²) in [5, 5.41) is 11.6. The fourth-order valence-electron chi connectivity index (χ4n) is 3.11. The van der Waals surface area contributed by atoms with E-state index in [4.69, 9.17) is 5.11 Å². The van der Waals surface area contributed by atoms with E-state index in [0.29, 0.717) is 18.4 Å². The molecule has 0 radical (unpaired) electrons. The SMILES string of the molecule is CC(CCC(=O)O)CNC(=O)C1CCC(C(C)(C)C)CC1. The van der Waals surface area contributed by atoms with E-state index in [1.54, 1.807) is 0 Å². The zero-order chi connectivity index (χ0) is 16.0. The molecular weight excluding hydrogens is 266 g/mol. The summed E-state index contributed by atoms with van der Waals surface area (Å²) in [7, 11) is 0. The van der Waals surface area contributed by atoms with Crippen molar-refractivity contribution in [1.82, 2.24) is 5.32 Å². The van der Waals surface area contributed by atoms with Gasteiger partial charge in [0.25, 0.3) is 0 Å². The number of carboxylic acids is 1. The van der Waals surface area contributed by atoms with E-state index in [0.717, 1.165) is 31.6 Å². The molecule has 1 saturated carbocycles. The molecule has 1 rings (SSSR count). The van der Waals surface area contributed by atoms with Crippen LogP contribution >= 0.6 is 0 Å². The van der Waals surface area contributed by atoms with Crippen molar-refractivity contribution in [1.29, 1.82) is 0 Å². The van der Waals surface area contributed by atoms with Gasteiger partial charge in [0.2, 0.25) is 5.91 Å². The van der Waals surface area contributed by atoms with E-state index in [-0.39, 0.29) is 24.2 Å². The summed E-state index contributed by atoms with van der Waals surface area (Å²) in [5.41, 5.74) is 0.340. The molecule has 1 unspecified atom stereocenters. The molecule has 1 fully saturated rings. The number of amides is 1. The highest BCUT2D eigenvalue weighted by molar-refractivity contribution is 5.78. The Morgan fingerprint density at radius 3 is 2.24 bits per heavy atom. The van der Waals surface area contributed by atoms with Crippen molar-refractivity contribution in [3.63, 3.8) is 0 Å². The molecule has 4 heteroatoms. The molecule has 4 nitrogen and oxygen atoms in total. The lowest BCUT2D eigenvalue weighted by molar-refractivity contribution is -0.137. The lowest BCUT2D eigenvalue weighted by atomic mass is 9.69. The van der Waals surface area contributed by atoms with Crippen LogP contribution in [-0.2, 0) is 9.59 Å². The van der Waals surface area contributed by atoms with Gasteiger partial charge >= 0.3 is 5.97 Å². The summed E-state index contributed by atoms with van der Waals surface area (Å²) in [5.74, 6) is 0.473. The Bertz CT molecular complexity index is 352. The summed E-state index contributed by atoms with van der Waals surface area (Å²) in [6.45, 7) is 9.41. The lowest BCUT2D eigenvalue weighted by Crippen LogP contribution is -2.37. The largest absolute Gasteiger partial charge is 0.481 e. The molecule has 122 valence electrons. The number of aliphatic carboxylic acids is 1. The molecule has 0 aromatic heterocycles. The van der Waals surface area contributed by atoms with E-state index >= 15 is 0 Å². The summed E-state index contributed by atoms with van der Waals surface area (Å²) in [6.07, 6.45) is 5.03. The maximum absolute atomic E-state index is 12.2. The number of nitrogens with one attached hydrogen (secondary N) is 1. The van der Waals surface area contributed by atoms with Crippen LogP contribution < -0.4 is 5.32 Å². The second-order valence-electron chi connectivity index (χ2n) is 7.70. The fourth-order valence-corrected chi connectivity index (χ4v) is 3.11. The van der Waals surface area contributed by atoms with Gasteiger partial charge in [-0.05, 0) is 49.4 Å². The number of carbonyl (C=O) groups excluding carboxylic acids is 1. The minimum atomic E-state index is -0.770. The van der Waals surface area contributed by atoms with Gasteiger partial charge in [0, 0.05) is 18.9 Å². The van der Waals surface area contributed by atoms with Crippen molar-refractivity contribution in [3.8, 4) is 0 Å². The van der Waals surface area contributed by atoms with Crippen molar-refractivity contribution in [3.05, 3.63) is 0 Å². The molecule has 0 bridgehead atoms. The van der Waals surface area contributed by atoms with Crippen molar-refractivity contribution >= 4 is 11.9 Å². The minimum Gasteiger partial charge on any atom is -0.481 e. The molecule has 1 aliphatic carbocycles. The van der Waals surface area contributed by atoms with Crippen LogP contribution in [0.5, 0.6) is 0 Å². The van der Waals surface area contributed by atoms with E-state index in [1.807, 2.05) is 6.92 Å². The molecule has 0 aliphatic heterocycles. The Labute approximate surface area is 128 Å². The fraction of sp³-hybridized carbons (Fsp3) is 0.882. The van der Waals surface area contributed by atoms with Crippen LogP contribution in [0.4, 0.5) is 0 Å². The maximum Gasteiger partial charge on any atom is 0.303 e. The Kier molecular flexibility index (Phi) is 6.69. The summed E-state index contributed by atoms with van der Waals surface area (Å²) < 4.78 is 0. The first-order valence-electron chi connectivity index (χ1n) is 8.19.